The van der Waals surface area contributed by atoms with E-state index in [1.807, 2.05) is 19.9 Å². The number of aliphatic hydroxyl groups excluding tert-OH is 1. The smallest absolute Gasteiger partial charge is 0.218 e. The van der Waals surface area contributed by atoms with Crippen LogP contribution in [0.3, 0.4) is 0 Å². The van der Waals surface area contributed by atoms with Crippen LogP contribution in [0.4, 0.5) is 5.82 Å². The molecule has 5 nitrogen and oxygen atoms in total. The van der Waals surface area contributed by atoms with Crippen LogP contribution in [-0.4, -0.2) is 33.8 Å². The average molecular weight is 279 g/mol. The molecule has 1 aromatic rings. The summed E-state index contributed by atoms with van der Waals surface area (Å²) in [5.41, 5.74) is -0.253. The lowest BCUT2D eigenvalue weighted by molar-refractivity contribution is 0.155. The Morgan fingerprint density at radius 3 is 2.70 bits per heavy atom. The van der Waals surface area contributed by atoms with Crippen LogP contribution in [0.5, 0.6) is 5.88 Å². The van der Waals surface area contributed by atoms with Gasteiger partial charge in [0.1, 0.15) is 11.6 Å². The van der Waals surface area contributed by atoms with Crippen molar-refractivity contribution in [2.24, 2.45) is 5.92 Å². The predicted molar refractivity (Wildman–Crippen MR) is 79.0 cm³/mol. The van der Waals surface area contributed by atoms with Crippen LogP contribution < -0.4 is 10.1 Å². The lowest BCUT2D eigenvalue weighted by Crippen LogP contribution is -2.45. The Morgan fingerprint density at radius 2 is 2.10 bits per heavy atom. The number of nitrogens with one attached hydrogen (secondary N) is 1. The van der Waals surface area contributed by atoms with Crippen molar-refractivity contribution in [3.8, 4) is 5.88 Å². The zero-order chi connectivity index (χ0) is 14.6. The van der Waals surface area contributed by atoms with Gasteiger partial charge in [-0.2, -0.15) is 4.98 Å². The molecule has 1 saturated carbocycles. The molecule has 1 fully saturated rings. The van der Waals surface area contributed by atoms with Crippen LogP contribution in [0.2, 0.25) is 0 Å². The molecule has 0 unspecified atom stereocenters. The topological polar surface area (TPSA) is 67.3 Å². The van der Waals surface area contributed by atoms with E-state index in [1.54, 1.807) is 0 Å². The summed E-state index contributed by atoms with van der Waals surface area (Å²) in [7, 11) is 0. The molecule has 0 atom stereocenters. The van der Waals surface area contributed by atoms with Gasteiger partial charge in [-0.15, -0.1) is 0 Å². The Hall–Kier alpha value is -1.36. The number of ether oxygens (including phenoxy) is 1. The molecule has 2 N–H and O–H groups in total. The molecular weight excluding hydrogens is 254 g/mol. The number of anilines is 1. The van der Waals surface area contributed by atoms with Crippen LogP contribution in [0, 0.1) is 12.8 Å². The fraction of sp³-hybridized carbons (Fsp3) is 0.733. The van der Waals surface area contributed by atoms with Crippen molar-refractivity contribution in [2.45, 2.75) is 52.0 Å². The van der Waals surface area contributed by atoms with Gasteiger partial charge in [-0.25, -0.2) is 4.98 Å². The van der Waals surface area contributed by atoms with E-state index in [9.17, 15) is 5.11 Å². The van der Waals surface area contributed by atoms with Crippen LogP contribution in [0.1, 0.15) is 45.4 Å². The first-order valence-corrected chi connectivity index (χ1v) is 7.44. The summed E-state index contributed by atoms with van der Waals surface area (Å²) >= 11 is 0. The highest BCUT2D eigenvalue weighted by atomic mass is 16.5. The summed E-state index contributed by atoms with van der Waals surface area (Å²) < 4.78 is 5.45. The van der Waals surface area contributed by atoms with Crippen LogP contribution >= 0.6 is 0 Å². The van der Waals surface area contributed by atoms with Crippen molar-refractivity contribution in [3.05, 3.63) is 11.9 Å². The fourth-order valence-corrected chi connectivity index (χ4v) is 2.74. The zero-order valence-corrected chi connectivity index (χ0v) is 12.6. The molecule has 0 radical (unpaired) electrons. The summed E-state index contributed by atoms with van der Waals surface area (Å²) in [6, 6.07) is 1.81. The first kappa shape index (κ1) is 15.0. The minimum atomic E-state index is -0.253. The molecule has 1 aromatic heterocycles. The quantitative estimate of drug-likeness (QED) is 0.867. The molecule has 20 heavy (non-hydrogen) atoms. The Balaban J connectivity index is 2.14. The van der Waals surface area contributed by atoms with Gasteiger partial charge in [-0.1, -0.05) is 6.92 Å². The summed E-state index contributed by atoms with van der Waals surface area (Å²) in [6.07, 6.45) is 4.21. The maximum atomic E-state index is 9.79. The average Bonchev–Trinajstić information content (AvgIpc) is 2.41. The number of rotatable bonds is 5. The molecule has 0 aromatic carbocycles. The van der Waals surface area contributed by atoms with Gasteiger partial charge in [0.05, 0.1) is 18.8 Å². The number of aryl methyl sites for hydroxylation is 1. The first-order chi connectivity index (χ1) is 9.57. The molecule has 5 heteroatoms. The molecule has 0 aliphatic heterocycles. The molecule has 1 heterocycles. The second-order valence-electron chi connectivity index (χ2n) is 5.82. The van der Waals surface area contributed by atoms with E-state index in [-0.39, 0.29) is 12.1 Å². The van der Waals surface area contributed by atoms with E-state index in [1.165, 1.54) is 0 Å². The van der Waals surface area contributed by atoms with Crippen LogP contribution in [0.15, 0.2) is 6.07 Å². The predicted octanol–water partition coefficient (Wildman–Crippen LogP) is 2.54. The normalized spacial score (nSPS) is 26.3. The molecule has 112 valence electrons. The van der Waals surface area contributed by atoms with E-state index in [4.69, 9.17) is 4.74 Å². The van der Waals surface area contributed by atoms with E-state index in [0.29, 0.717) is 18.3 Å². The van der Waals surface area contributed by atoms with Gasteiger partial charge < -0.3 is 15.2 Å². The summed E-state index contributed by atoms with van der Waals surface area (Å²) in [5, 5.41) is 13.2. The summed E-state index contributed by atoms with van der Waals surface area (Å²) in [4.78, 5) is 8.65. The highest BCUT2D eigenvalue weighted by Gasteiger charge is 2.34. The fourth-order valence-electron chi connectivity index (χ4n) is 2.74. The van der Waals surface area contributed by atoms with Gasteiger partial charge in [0.25, 0.3) is 0 Å². The first-order valence-electron chi connectivity index (χ1n) is 7.44. The van der Waals surface area contributed by atoms with Crippen LogP contribution in [0.25, 0.3) is 0 Å². The Morgan fingerprint density at radius 1 is 1.40 bits per heavy atom. The zero-order valence-electron chi connectivity index (χ0n) is 12.6. The lowest BCUT2D eigenvalue weighted by Gasteiger charge is -2.39. The summed E-state index contributed by atoms with van der Waals surface area (Å²) in [5.74, 6) is 2.74. The van der Waals surface area contributed by atoms with Crippen molar-refractivity contribution < 1.29 is 9.84 Å². The van der Waals surface area contributed by atoms with E-state index in [2.05, 4.69) is 22.2 Å². The Bertz CT molecular complexity index is 443. The molecule has 0 bridgehead atoms. The SMILES string of the molecule is CCOc1cc(NC2(CO)CCC(C)CC2)nc(C)n1. The van der Waals surface area contributed by atoms with Gasteiger partial charge in [-0.05, 0) is 45.4 Å². The van der Waals surface area contributed by atoms with E-state index >= 15 is 0 Å². The van der Waals surface area contributed by atoms with Gasteiger partial charge in [0, 0.05) is 6.07 Å². The highest BCUT2D eigenvalue weighted by molar-refractivity contribution is 5.41. The van der Waals surface area contributed by atoms with Crippen molar-refractivity contribution in [2.75, 3.05) is 18.5 Å². The third-order valence-electron chi connectivity index (χ3n) is 4.03. The second kappa shape index (κ2) is 6.39. The molecule has 0 saturated heterocycles. The van der Waals surface area contributed by atoms with Gasteiger partial charge in [0.15, 0.2) is 0 Å². The van der Waals surface area contributed by atoms with E-state index < -0.39 is 0 Å². The second-order valence-corrected chi connectivity index (χ2v) is 5.82. The Kier molecular flexibility index (Phi) is 4.81. The van der Waals surface area contributed by atoms with Crippen molar-refractivity contribution >= 4 is 5.82 Å². The standard InChI is InChI=1S/C15H25N3O2/c1-4-20-14-9-13(16-12(3)17-14)18-15(10-19)7-5-11(2)6-8-15/h9,11,19H,4-8,10H2,1-3H3,(H,16,17,18). The van der Waals surface area contributed by atoms with Gasteiger partial charge in [0.2, 0.25) is 5.88 Å². The lowest BCUT2D eigenvalue weighted by atomic mass is 9.77. The van der Waals surface area contributed by atoms with Crippen molar-refractivity contribution in [3.63, 3.8) is 0 Å². The third-order valence-corrected chi connectivity index (χ3v) is 4.03. The molecule has 0 amide bonds. The third kappa shape index (κ3) is 3.60. The monoisotopic (exact) mass is 279 g/mol. The number of aliphatic hydroxyl groups is 1. The Labute approximate surface area is 120 Å². The number of aromatic nitrogens is 2. The minimum absolute atomic E-state index is 0.132. The number of hydrogen-bond acceptors (Lipinski definition) is 5. The van der Waals surface area contributed by atoms with Gasteiger partial charge in [-0.3, -0.25) is 0 Å². The minimum Gasteiger partial charge on any atom is -0.478 e. The van der Waals surface area contributed by atoms with Crippen molar-refractivity contribution in [1.82, 2.24) is 9.97 Å². The highest BCUT2D eigenvalue weighted by Crippen LogP contribution is 2.34. The van der Waals surface area contributed by atoms with Gasteiger partial charge >= 0.3 is 0 Å². The molecule has 0 spiro atoms. The van der Waals surface area contributed by atoms with E-state index in [0.717, 1.165) is 37.4 Å². The van der Waals surface area contributed by atoms with Crippen molar-refractivity contribution in [1.29, 1.82) is 0 Å². The maximum absolute atomic E-state index is 9.79. The molecular formula is C15H25N3O2. The number of hydrogen-bond donors (Lipinski definition) is 2. The summed E-state index contributed by atoms with van der Waals surface area (Å²) in [6.45, 7) is 6.76. The van der Waals surface area contributed by atoms with Crippen LogP contribution in [-0.2, 0) is 0 Å². The molecule has 1 aliphatic carbocycles. The number of nitrogens with zero attached hydrogens (tertiary/aromatic N) is 2. The molecule has 2 rings (SSSR count). The molecule has 1 aliphatic rings. The largest absolute Gasteiger partial charge is 0.478 e. The maximum Gasteiger partial charge on any atom is 0.218 e.